The van der Waals surface area contributed by atoms with Crippen molar-refractivity contribution in [3.63, 3.8) is 0 Å². The molecule has 0 bridgehead atoms. The number of nitro groups is 1. The molecule has 0 aliphatic carbocycles. The lowest BCUT2D eigenvalue weighted by molar-refractivity contribution is -0.385. The van der Waals surface area contributed by atoms with Crippen molar-refractivity contribution >= 4 is 17.6 Å². The Balaban J connectivity index is 2.89. The Kier molecular flexibility index (Phi) is 6.24. The average molecular weight is 340 g/mol. The van der Waals surface area contributed by atoms with Crippen LogP contribution in [0.1, 0.15) is 32.8 Å². The third-order valence-corrected chi connectivity index (χ3v) is 3.05. The maximum atomic E-state index is 12.1. The van der Waals surface area contributed by atoms with Crippen molar-refractivity contribution in [2.45, 2.75) is 39.2 Å². The fraction of sp³-hybridized carbons (Fsp3) is 0.467. The van der Waals surface area contributed by atoms with Crippen molar-refractivity contribution in [1.82, 2.24) is 0 Å². The van der Waals surface area contributed by atoms with Gasteiger partial charge < -0.3 is 14.7 Å². The SMILES string of the molecule is CC(C)(C)OC(=O)[C@H](CCc1ccc(O)c([N+](=O)[O-])c1)C(=O)ON. The summed E-state index contributed by atoms with van der Waals surface area (Å²) in [7, 11) is 0. The smallest absolute Gasteiger partial charge is 0.338 e. The van der Waals surface area contributed by atoms with Crippen molar-refractivity contribution in [2.75, 3.05) is 0 Å². The Morgan fingerprint density at radius 1 is 1.33 bits per heavy atom. The Labute approximate surface area is 138 Å². The number of phenols is 1. The van der Waals surface area contributed by atoms with E-state index in [0.717, 1.165) is 0 Å². The zero-order valence-electron chi connectivity index (χ0n) is 13.6. The monoisotopic (exact) mass is 340 g/mol. The Bertz CT molecular complexity index is 637. The maximum Gasteiger partial charge on any atom is 0.338 e. The van der Waals surface area contributed by atoms with Crippen LogP contribution in [-0.4, -0.2) is 27.6 Å². The number of nitro benzene ring substituents is 1. The third kappa shape index (κ3) is 5.51. The molecule has 0 spiro atoms. The second kappa shape index (κ2) is 7.73. The zero-order valence-corrected chi connectivity index (χ0v) is 13.6. The van der Waals surface area contributed by atoms with Crippen molar-refractivity contribution in [2.24, 2.45) is 11.8 Å². The summed E-state index contributed by atoms with van der Waals surface area (Å²) in [5, 5.41) is 20.2. The lowest BCUT2D eigenvalue weighted by Gasteiger charge is -2.22. The van der Waals surface area contributed by atoms with Crippen LogP contribution in [0.15, 0.2) is 18.2 Å². The van der Waals surface area contributed by atoms with E-state index in [0.29, 0.717) is 5.56 Å². The van der Waals surface area contributed by atoms with Gasteiger partial charge in [-0.15, -0.1) is 0 Å². The number of rotatable bonds is 6. The first-order valence-corrected chi connectivity index (χ1v) is 7.15. The van der Waals surface area contributed by atoms with E-state index in [-0.39, 0.29) is 12.8 Å². The van der Waals surface area contributed by atoms with Crippen molar-refractivity contribution in [1.29, 1.82) is 0 Å². The maximum absolute atomic E-state index is 12.1. The standard InChI is InChI=1S/C15H20N2O7/c1-15(2,3)23-13(19)10(14(20)24-16)6-4-9-5-7-12(18)11(8-9)17(21)22/h5,7-8,10,18H,4,6,16H2,1-3H3/t10-/m0/s1. The predicted molar refractivity (Wildman–Crippen MR) is 82.7 cm³/mol. The van der Waals surface area contributed by atoms with Crippen molar-refractivity contribution in [3.05, 3.63) is 33.9 Å². The number of nitrogens with two attached hydrogens (primary N) is 1. The lowest BCUT2D eigenvalue weighted by atomic mass is 9.98. The van der Waals surface area contributed by atoms with Crippen LogP contribution >= 0.6 is 0 Å². The van der Waals surface area contributed by atoms with Crippen LogP contribution in [0.3, 0.4) is 0 Å². The van der Waals surface area contributed by atoms with Crippen LogP contribution in [0.5, 0.6) is 5.75 Å². The number of phenolic OH excluding ortho intramolecular Hbond substituents is 1. The number of carbonyl (C=O) groups excluding carboxylic acids is 2. The van der Waals surface area contributed by atoms with Gasteiger partial charge in [-0.1, -0.05) is 6.07 Å². The van der Waals surface area contributed by atoms with Gasteiger partial charge in [0.15, 0.2) is 11.7 Å². The summed E-state index contributed by atoms with van der Waals surface area (Å²) in [5.41, 5.74) is -0.776. The Morgan fingerprint density at radius 2 is 1.96 bits per heavy atom. The van der Waals surface area contributed by atoms with Gasteiger partial charge in [0.1, 0.15) is 5.60 Å². The summed E-state index contributed by atoms with van der Waals surface area (Å²) in [6, 6.07) is 3.81. The number of carbonyl (C=O) groups is 2. The number of nitrogens with zero attached hydrogens (tertiary/aromatic N) is 1. The van der Waals surface area contributed by atoms with E-state index < -0.39 is 39.8 Å². The molecule has 0 saturated heterocycles. The van der Waals surface area contributed by atoms with Gasteiger partial charge in [-0.05, 0) is 45.2 Å². The molecule has 0 fully saturated rings. The highest BCUT2D eigenvalue weighted by molar-refractivity contribution is 5.94. The largest absolute Gasteiger partial charge is 0.502 e. The number of benzene rings is 1. The van der Waals surface area contributed by atoms with Crippen LogP contribution in [0.2, 0.25) is 0 Å². The van der Waals surface area contributed by atoms with Crippen molar-refractivity contribution < 1.29 is 29.2 Å². The van der Waals surface area contributed by atoms with Crippen molar-refractivity contribution in [3.8, 4) is 5.75 Å². The third-order valence-electron chi connectivity index (χ3n) is 3.05. The summed E-state index contributed by atoms with van der Waals surface area (Å²) >= 11 is 0. The minimum absolute atomic E-state index is 0.00707. The van der Waals surface area contributed by atoms with Crippen LogP contribution in [0.25, 0.3) is 0 Å². The fourth-order valence-corrected chi connectivity index (χ4v) is 1.97. The van der Waals surface area contributed by atoms with Gasteiger partial charge in [0.25, 0.3) is 0 Å². The number of hydrogen-bond donors (Lipinski definition) is 2. The summed E-state index contributed by atoms with van der Waals surface area (Å²) in [4.78, 5) is 38.0. The highest BCUT2D eigenvalue weighted by atomic mass is 16.7. The number of ether oxygens (including phenoxy) is 1. The van der Waals surface area contributed by atoms with E-state index in [1.165, 1.54) is 18.2 Å². The van der Waals surface area contributed by atoms with Crippen LogP contribution < -0.4 is 5.90 Å². The Morgan fingerprint density at radius 3 is 2.46 bits per heavy atom. The molecule has 0 aromatic heterocycles. The molecule has 0 heterocycles. The topological polar surface area (TPSA) is 142 Å². The molecule has 24 heavy (non-hydrogen) atoms. The molecule has 3 N–H and O–H groups in total. The van der Waals surface area contributed by atoms with Gasteiger partial charge in [-0.25, -0.2) is 4.79 Å². The summed E-state index contributed by atoms with van der Waals surface area (Å²) in [6.07, 6.45) is 0.146. The minimum atomic E-state index is -1.25. The normalized spacial score (nSPS) is 12.3. The van der Waals surface area contributed by atoms with Gasteiger partial charge in [0, 0.05) is 6.07 Å². The molecule has 0 unspecified atom stereocenters. The second-order valence-electron chi connectivity index (χ2n) is 6.14. The quantitative estimate of drug-likeness (QED) is 0.344. The number of hydrogen-bond acceptors (Lipinski definition) is 8. The highest BCUT2D eigenvalue weighted by Gasteiger charge is 2.32. The van der Waals surface area contributed by atoms with Gasteiger partial charge >= 0.3 is 17.6 Å². The van der Waals surface area contributed by atoms with Gasteiger partial charge in [0.05, 0.1) is 4.92 Å². The molecule has 0 aliphatic heterocycles. The molecule has 1 aromatic carbocycles. The summed E-state index contributed by atoms with van der Waals surface area (Å²) < 4.78 is 5.15. The number of aryl methyl sites for hydroxylation is 1. The summed E-state index contributed by atoms with van der Waals surface area (Å²) in [5.74, 6) is 1.40. The van der Waals surface area contributed by atoms with E-state index in [1.54, 1.807) is 20.8 Å². The lowest BCUT2D eigenvalue weighted by Crippen LogP contribution is -2.35. The molecule has 9 nitrogen and oxygen atoms in total. The van der Waals surface area contributed by atoms with Crippen LogP contribution in [0.4, 0.5) is 5.69 Å². The van der Waals surface area contributed by atoms with E-state index >= 15 is 0 Å². The average Bonchev–Trinajstić information content (AvgIpc) is 2.46. The first-order valence-electron chi connectivity index (χ1n) is 7.15. The van der Waals surface area contributed by atoms with Gasteiger partial charge in [-0.2, -0.15) is 5.90 Å². The fourth-order valence-electron chi connectivity index (χ4n) is 1.97. The van der Waals surface area contributed by atoms with Gasteiger partial charge in [-0.3, -0.25) is 14.9 Å². The number of esters is 1. The molecule has 0 radical (unpaired) electrons. The molecule has 1 rings (SSSR count). The highest BCUT2D eigenvalue weighted by Crippen LogP contribution is 2.27. The van der Waals surface area contributed by atoms with E-state index in [9.17, 15) is 24.8 Å². The molecular weight excluding hydrogens is 320 g/mol. The van der Waals surface area contributed by atoms with E-state index in [4.69, 9.17) is 10.6 Å². The van der Waals surface area contributed by atoms with E-state index in [1.807, 2.05) is 0 Å². The Hall–Kier alpha value is -2.68. The summed E-state index contributed by atoms with van der Waals surface area (Å²) in [6.45, 7) is 4.96. The molecule has 0 amide bonds. The van der Waals surface area contributed by atoms with Crippen LogP contribution in [-0.2, 0) is 25.6 Å². The number of aromatic hydroxyl groups is 1. The second-order valence-corrected chi connectivity index (χ2v) is 6.14. The molecule has 1 aromatic rings. The van der Waals surface area contributed by atoms with E-state index in [2.05, 4.69) is 4.84 Å². The first kappa shape index (κ1) is 19.4. The predicted octanol–water partition coefficient (Wildman–Crippen LogP) is 1.61. The zero-order chi connectivity index (χ0) is 18.5. The molecular formula is C15H20N2O7. The van der Waals surface area contributed by atoms with Crippen LogP contribution in [0, 0.1) is 16.0 Å². The molecule has 1 atom stereocenters. The minimum Gasteiger partial charge on any atom is -0.502 e. The first-order chi connectivity index (χ1) is 11.0. The molecule has 9 heteroatoms. The van der Waals surface area contributed by atoms with Gasteiger partial charge in [0.2, 0.25) is 0 Å². The molecule has 0 saturated carbocycles. The molecule has 0 aliphatic rings. The molecule has 132 valence electrons.